The fourth-order valence-corrected chi connectivity index (χ4v) is 7.91. The van der Waals surface area contributed by atoms with Gasteiger partial charge in [-0.2, -0.15) is 0 Å². The quantitative estimate of drug-likeness (QED) is 0.0291. The number of ether oxygens (including phenoxy) is 7. The maximum absolute atomic E-state index is 12.6. The number of aryl methyl sites for hydroxylation is 2. The number of hydrogen-bond acceptors (Lipinski definition) is 13. The van der Waals surface area contributed by atoms with Crippen LogP contribution in [0.3, 0.4) is 0 Å². The molecule has 0 heterocycles. The molecule has 356 valence electrons. The molecule has 0 unspecified atom stereocenters. The lowest BCUT2D eigenvalue weighted by atomic mass is 9.77. The topological polar surface area (TPSA) is 167 Å². The van der Waals surface area contributed by atoms with Crippen LogP contribution in [0.4, 0.5) is 0 Å². The Kier molecular flexibility index (Phi) is 20.7. The van der Waals surface area contributed by atoms with E-state index in [0.717, 1.165) is 48.0 Å². The average molecular weight is 911 g/mol. The minimum atomic E-state index is -1.68. The molecule has 1 aliphatic rings. The van der Waals surface area contributed by atoms with Gasteiger partial charge < -0.3 is 33.2 Å². The predicted octanol–water partition coefficient (Wildman–Crippen LogP) is 9.41. The summed E-state index contributed by atoms with van der Waals surface area (Å²) in [6, 6.07) is 21.3. The van der Waals surface area contributed by atoms with E-state index in [-0.39, 0.29) is 17.8 Å². The molecule has 1 aliphatic carbocycles. The second kappa shape index (κ2) is 26.0. The van der Waals surface area contributed by atoms with Crippen LogP contribution in [0.25, 0.3) is 22.3 Å². The highest BCUT2D eigenvalue weighted by atomic mass is 16.6. The van der Waals surface area contributed by atoms with Crippen LogP contribution >= 0.6 is 0 Å². The highest BCUT2D eigenvalue weighted by Gasteiger charge is 2.39. The van der Waals surface area contributed by atoms with Crippen molar-refractivity contribution in [3.63, 3.8) is 0 Å². The number of carbonyl (C=O) groups is 6. The number of esters is 6. The summed E-state index contributed by atoms with van der Waals surface area (Å²) in [5.41, 5.74) is 5.83. The molecule has 0 saturated heterocycles. The Labute approximate surface area is 389 Å². The van der Waals surface area contributed by atoms with Gasteiger partial charge in [-0.1, -0.05) is 101 Å². The van der Waals surface area contributed by atoms with Crippen LogP contribution < -0.4 is 4.74 Å². The molecule has 0 spiro atoms. The van der Waals surface area contributed by atoms with Crippen LogP contribution in [0.5, 0.6) is 5.75 Å². The highest BCUT2D eigenvalue weighted by Crippen LogP contribution is 2.39. The molecule has 0 N–H and O–H groups in total. The van der Waals surface area contributed by atoms with Gasteiger partial charge in [0.25, 0.3) is 0 Å². The lowest BCUT2D eigenvalue weighted by molar-refractivity contribution is -0.177. The Morgan fingerprint density at radius 2 is 1.11 bits per heavy atom. The van der Waals surface area contributed by atoms with Gasteiger partial charge in [0.15, 0.2) is 0 Å². The summed E-state index contributed by atoms with van der Waals surface area (Å²) in [7, 11) is 1.99. The van der Waals surface area contributed by atoms with Crippen LogP contribution in [-0.4, -0.2) is 83.1 Å². The summed E-state index contributed by atoms with van der Waals surface area (Å²) in [5, 5.41) is 0. The van der Waals surface area contributed by atoms with Gasteiger partial charge >= 0.3 is 35.8 Å². The zero-order valence-electron chi connectivity index (χ0n) is 39.5. The van der Waals surface area contributed by atoms with Gasteiger partial charge in [-0.15, -0.1) is 0 Å². The Morgan fingerprint density at radius 3 is 1.62 bits per heavy atom. The normalized spacial score (nSPS) is 14.6. The molecule has 13 heteroatoms. The number of rotatable bonds is 23. The molecule has 0 radical (unpaired) electrons. The van der Waals surface area contributed by atoms with Crippen molar-refractivity contribution in [2.45, 2.75) is 104 Å². The van der Waals surface area contributed by atoms with Crippen LogP contribution in [0, 0.1) is 11.3 Å². The lowest BCUT2D eigenvalue weighted by Gasteiger charge is -2.32. The standard InChI is InChI=1S/C53H66O13/c1-9-11-12-14-37-16-18-39(19-17-37)40-20-22-41(23-21-40)42-24-26-43(27-25-42)45-29-44(15-13-28-62-47(54)35(3)4)46(30-38(45)10-2)63-31-53(32-64-48(55)36(5)6,33-65-51(58)49(56)60-7)34-66-52(59)50(57)61-8/h20-27,29-30,37,39H,3,5,9-19,28,31-34H2,1-2,4,6-8H3. The van der Waals surface area contributed by atoms with E-state index >= 15 is 0 Å². The summed E-state index contributed by atoms with van der Waals surface area (Å²) in [6.07, 6.45) is 11.8. The third-order valence-corrected chi connectivity index (χ3v) is 11.9. The van der Waals surface area contributed by atoms with Crippen molar-refractivity contribution in [3.05, 3.63) is 102 Å². The van der Waals surface area contributed by atoms with Crippen molar-refractivity contribution in [1.82, 2.24) is 0 Å². The molecule has 66 heavy (non-hydrogen) atoms. The molecule has 0 aromatic heterocycles. The summed E-state index contributed by atoms with van der Waals surface area (Å²) in [5.74, 6) is -4.81. The van der Waals surface area contributed by atoms with Gasteiger partial charge in [0.2, 0.25) is 0 Å². The van der Waals surface area contributed by atoms with Crippen LogP contribution in [0.2, 0.25) is 0 Å². The third-order valence-electron chi connectivity index (χ3n) is 11.9. The first-order chi connectivity index (χ1) is 31.6. The molecule has 4 rings (SSSR count). The molecule has 3 aromatic rings. The van der Waals surface area contributed by atoms with Crippen molar-refractivity contribution < 1.29 is 61.9 Å². The largest absolute Gasteiger partial charge is 0.492 e. The minimum Gasteiger partial charge on any atom is -0.492 e. The molecule has 3 aromatic carbocycles. The third kappa shape index (κ3) is 15.4. The van der Waals surface area contributed by atoms with Crippen molar-refractivity contribution in [2.75, 3.05) is 47.3 Å². The predicted molar refractivity (Wildman–Crippen MR) is 249 cm³/mol. The first-order valence-corrected chi connectivity index (χ1v) is 22.8. The van der Waals surface area contributed by atoms with Crippen LogP contribution in [0.1, 0.15) is 108 Å². The lowest BCUT2D eigenvalue weighted by Crippen LogP contribution is -2.45. The van der Waals surface area contributed by atoms with E-state index in [0.29, 0.717) is 36.5 Å². The summed E-state index contributed by atoms with van der Waals surface area (Å²) >= 11 is 0. The van der Waals surface area contributed by atoms with Crippen molar-refractivity contribution >= 4 is 35.8 Å². The Morgan fingerprint density at radius 1 is 0.591 bits per heavy atom. The average Bonchev–Trinajstić information content (AvgIpc) is 3.34. The zero-order chi connectivity index (χ0) is 48.2. The van der Waals surface area contributed by atoms with Gasteiger partial charge in [-0.3, -0.25) is 0 Å². The van der Waals surface area contributed by atoms with Gasteiger partial charge in [-0.05, 0) is 122 Å². The maximum Gasteiger partial charge on any atom is 0.417 e. The summed E-state index contributed by atoms with van der Waals surface area (Å²) in [4.78, 5) is 73.9. The Bertz CT molecular complexity index is 2130. The molecule has 0 aliphatic heterocycles. The smallest absolute Gasteiger partial charge is 0.417 e. The van der Waals surface area contributed by atoms with E-state index in [4.69, 9.17) is 23.7 Å². The van der Waals surface area contributed by atoms with Crippen LogP contribution in [-0.2, 0) is 70.0 Å². The first-order valence-electron chi connectivity index (χ1n) is 22.8. The Balaban J connectivity index is 1.65. The monoisotopic (exact) mass is 910 g/mol. The molecular formula is C53H66O13. The molecular weight excluding hydrogens is 845 g/mol. The first kappa shape index (κ1) is 52.4. The number of benzene rings is 3. The van der Waals surface area contributed by atoms with E-state index in [9.17, 15) is 28.8 Å². The van der Waals surface area contributed by atoms with Crippen molar-refractivity contribution in [1.29, 1.82) is 0 Å². The molecule has 13 nitrogen and oxygen atoms in total. The molecule has 1 fully saturated rings. The number of carbonyl (C=O) groups excluding carboxylic acids is 6. The van der Waals surface area contributed by atoms with Gasteiger partial charge in [0.05, 0.1) is 20.8 Å². The fourth-order valence-electron chi connectivity index (χ4n) is 7.91. The van der Waals surface area contributed by atoms with Gasteiger partial charge in [-0.25, -0.2) is 28.8 Å². The summed E-state index contributed by atoms with van der Waals surface area (Å²) < 4.78 is 36.8. The number of hydrogen-bond donors (Lipinski definition) is 0. The zero-order valence-corrected chi connectivity index (χ0v) is 39.5. The van der Waals surface area contributed by atoms with Crippen LogP contribution in [0.15, 0.2) is 85.0 Å². The summed E-state index contributed by atoms with van der Waals surface area (Å²) in [6.45, 7) is 12.3. The SMILES string of the molecule is C=C(C)C(=O)OCCCc1cc(-c2ccc(-c3ccc(C4CCC(CCCCC)CC4)cc3)cc2)c(CC)cc1OCC(COC(=O)C(=C)C)(COC(=O)C(=O)OC)COC(=O)C(=O)OC. The van der Waals surface area contributed by atoms with Crippen molar-refractivity contribution in [2.24, 2.45) is 11.3 Å². The molecule has 0 amide bonds. The molecule has 1 saturated carbocycles. The fraction of sp³-hybridized carbons (Fsp3) is 0.472. The number of unbranched alkanes of at least 4 members (excludes halogenated alkanes) is 2. The van der Waals surface area contributed by atoms with E-state index in [2.05, 4.69) is 78.1 Å². The second-order valence-electron chi connectivity index (χ2n) is 17.2. The van der Waals surface area contributed by atoms with E-state index < -0.39 is 67.7 Å². The van der Waals surface area contributed by atoms with E-state index in [1.807, 2.05) is 19.1 Å². The van der Waals surface area contributed by atoms with E-state index in [1.165, 1.54) is 63.9 Å². The Hall–Kier alpha value is -6.24. The van der Waals surface area contributed by atoms with Gasteiger partial charge in [0, 0.05) is 11.1 Å². The number of methoxy groups -OCH3 is 2. The second-order valence-corrected chi connectivity index (χ2v) is 17.2. The molecule has 0 atom stereocenters. The minimum absolute atomic E-state index is 0.0485. The maximum atomic E-state index is 12.6. The molecule has 0 bridgehead atoms. The highest BCUT2D eigenvalue weighted by molar-refractivity contribution is 6.30. The van der Waals surface area contributed by atoms with Crippen molar-refractivity contribution in [3.8, 4) is 28.0 Å². The van der Waals surface area contributed by atoms with Gasteiger partial charge in [0.1, 0.15) is 37.6 Å². The van der Waals surface area contributed by atoms with E-state index in [1.54, 1.807) is 6.92 Å².